The summed E-state index contributed by atoms with van der Waals surface area (Å²) in [6.07, 6.45) is 1.57. The molecule has 0 amide bonds. The second kappa shape index (κ2) is 7.21. The molecule has 0 saturated heterocycles. The van der Waals surface area contributed by atoms with Gasteiger partial charge in [0, 0.05) is 0 Å². The molecule has 0 fully saturated rings. The molecule has 6 nitrogen and oxygen atoms in total. The van der Waals surface area contributed by atoms with E-state index in [-0.39, 0.29) is 5.75 Å². The predicted octanol–water partition coefficient (Wildman–Crippen LogP) is 3.91. The van der Waals surface area contributed by atoms with Crippen LogP contribution in [0, 0.1) is 6.92 Å². The molecule has 0 atom stereocenters. The number of methoxy groups -OCH3 is 1. The van der Waals surface area contributed by atoms with Gasteiger partial charge >= 0.3 is 5.97 Å². The number of carbonyl (C=O) groups is 1. The van der Waals surface area contributed by atoms with E-state index in [1.54, 1.807) is 25.3 Å². The average Bonchev–Trinajstić information content (AvgIpc) is 2.85. The standard InChI is InChI=1S/C13H11Br2N3O3S/c1-6-11(12(20)21-2)22-13(17-6)18-16-5-7-3-8(14)10(19)9(15)4-7/h3-5,19H,1-2H3,(H,17,18)/b16-5-. The maximum Gasteiger partial charge on any atom is 0.350 e. The molecule has 0 unspecified atom stereocenters. The molecule has 0 bridgehead atoms. The van der Waals surface area contributed by atoms with Gasteiger partial charge in [0.05, 0.1) is 28.0 Å². The molecule has 0 saturated carbocycles. The molecule has 116 valence electrons. The first kappa shape index (κ1) is 16.9. The Morgan fingerprint density at radius 2 is 2.09 bits per heavy atom. The first-order chi connectivity index (χ1) is 10.4. The van der Waals surface area contributed by atoms with E-state index < -0.39 is 5.97 Å². The topological polar surface area (TPSA) is 83.8 Å². The van der Waals surface area contributed by atoms with Gasteiger partial charge in [0.1, 0.15) is 10.6 Å². The Morgan fingerprint density at radius 3 is 2.68 bits per heavy atom. The maximum absolute atomic E-state index is 11.5. The lowest BCUT2D eigenvalue weighted by atomic mass is 10.2. The zero-order chi connectivity index (χ0) is 16.3. The van der Waals surface area contributed by atoms with Crippen LogP contribution in [0.25, 0.3) is 0 Å². The van der Waals surface area contributed by atoms with Gasteiger partial charge < -0.3 is 9.84 Å². The molecule has 9 heteroatoms. The van der Waals surface area contributed by atoms with E-state index in [2.05, 4.69) is 52.1 Å². The van der Waals surface area contributed by atoms with Gasteiger partial charge in [0.2, 0.25) is 5.13 Å². The van der Waals surface area contributed by atoms with Crippen molar-refractivity contribution in [3.05, 3.63) is 37.2 Å². The van der Waals surface area contributed by atoms with Crippen molar-refractivity contribution in [2.24, 2.45) is 5.10 Å². The number of carbonyl (C=O) groups excluding carboxylic acids is 1. The molecular formula is C13H11Br2N3O3S. The highest BCUT2D eigenvalue weighted by molar-refractivity contribution is 9.11. The summed E-state index contributed by atoms with van der Waals surface area (Å²) < 4.78 is 5.79. The van der Waals surface area contributed by atoms with E-state index in [9.17, 15) is 9.90 Å². The molecule has 0 aliphatic rings. The van der Waals surface area contributed by atoms with Gasteiger partial charge in [-0.15, -0.1) is 0 Å². The molecule has 2 N–H and O–H groups in total. The number of aryl methyl sites for hydroxylation is 1. The number of phenols is 1. The van der Waals surface area contributed by atoms with Crippen LogP contribution in [-0.4, -0.2) is 29.4 Å². The average molecular weight is 449 g/mol. The molecule has 0 aliphatic carbocycles. The van der Waals surface area contributed by atoms with Gasteiger partial charge in [-0.1, -0.05) is 11.3 Å². The highest BCUT2D eigenvalue weighted by Crippen LogP contribution is 2.32. The van der Waals surface area contributed by atoms with Gasteiger partial charge in [-0.05, 0) is 56.5 Å². The number of anilines is 1. The molecular weight excluding hydrogens is 438 g/mol. The van der Waals surface area contributed by atoms with E-state index in [1.165, 1.54) is 18.4 Å². The van der Waals surface area contributed by atoms with E-state index in [1.807, 2.05) is 0 Å². The number of rotatable bonds is 4. The fraction of sp³-hybridized carbons (Fsp3) is 0.154. The molecule has 0 aliphatic heterocycles. The first-order valence-electron chi connectivity index (χ1n) is 5.95. The minimum absolute atomic E-state index is 0.128. The van der Waals surface area contributed by atoms with Crippen molar-refractivity contribution in [3.63, 3.8) is 0 Å². The van der Waals surface area contributed by atoms with Gasteiger partial charge in [0.25, 0.3) is 0 Å². The Labute approximate surface area is 147 Å². The molecule has 1 aromatic heterocycles. The first-order valence-corrected chi connectivity index (χ1v) is 8.35. The van der Waals surface area contributed by atoms with Crippen molar-refractivity contribution in [3.8, 4) is 5.75 Å². The van der Waals surface area contributed by atoms with Crippen molar-refractivity contribution in [1.29, 1.82) is 0 Å². The number of benzene rings is 1. The number of aromatic nitrogens is 1. The summed E-state index contributed by atoms with van der Waals surface area (Å²) in [5, 5.41) is 14.2. The van der Waals surface area contributed by atoms with Crippen LogP contribution in [-0.2, 0) is 4.74 Å². The summed E-state index contributed by atoms with van der Waals surface area (Å²) in [5.41, 5.74) is 4.12. The molecule has 1 heterocycles. The lowest BCUT2D eigenvalue weighted by Crippen LogP contribution is -1.99. The molecule has 1 aromatic carbocycles. The molecule has 2 aromatic rings. The fourth-order valence-corrected chi connectivity index (χ4v) is 3.60. The third-order valence-electron chi connectivity index (χ3n) is 2.58. The van der Waals surface area contributed by atoms with Crippen molar-refractivity contribution in [2.45, 2.75) is 6.92 Å². The lowest BCUT2D eigenvalue weighted by molar-refractivity contribution is 0.0605. The number of aromatic hydroxyl groups is 1. The highest BCUT2D eigenvalue weighted by Gasteiger charge is 2.15. The van der Waals surface area contributed by atoms with Crippen molar-refractivity contribution in [2.75, 3.05) is 12.5 Å². The zero-order valence-corrected chi connectivity index (χ0v) is 15.5. The summed E-state index contributed by atoms with van der Waals surface area (Å²) in [7, 11) is 1.33. The Hall–Kier alpha value is -1.45. The minimum Gasteiger partial charge on any atom is -0.506 e. The number of esters is 1. The highest BCUT2D eigenvalue weighted by atomic mass is 79.9. The lowest BCUT2D eigenvalue weighted by Gasteiger charge is -2.01. The normalized spacial score (nSPS) is 10.9. The number of phenolic OH excluding ortho intramolecular Hbond substituents is 1. The maximum atomic E-state index is 11.5. The van der Waals surface area contributed by atoms with E-state index in [4.69, 9.17) is 0 Å². The number of hydrogen-bond donors (Lipinski definition) is 2. The Bertz CT molecular complexity index is 723. The Morgan fingerprint density at radius 1 is 1.45 bits per heavy atom. The minimum atomic E-state index is -0.418. The molecule has 0 spiro atoms. The van der Waals surface area contributed by atoms with Crippen LogP contribution >= 0.6 is 43.2 Å². The number of thiazole rings is 1. The smallest absolute Gasteiger partial charge is 0.350 e. The van der Waals surface area contributed by atoms with Crippen LogP contribution in [0.2, 0.25) is 0 Å². The fourth-order valence-electron chi connectivity index (χ4n) is 1.55. The van der Waals surface area contributed by atoms with Crippen LogP contribution < -0.4 is 5.43 Å². The summed E-state index contributed by atoms with van der Waals surface area (Å²) >= 11 is 7.66. The predicted molar refractivity (Wildman–Crippen MR) is 92.9 cm³/mol. The molecule has 0 radical (unpaired) electrons. The Balaban J connectivity index is 2.11. The van der Waals surface area contributed by atoms with Gasteiger partial charge in [-0.3, -0.25) is 5.43 Å². The number of nitrogens with zero attached hydrogens (tertiary/aromatic N) is 2. The largest absolute Gasteiger partial charge is 0.506 e. The summed E-state index contributed by atoms with van der Waals surface area (Å²) in [4.78, 5) is 16.1. The SMILES string of the molecule is COC(=O)c1sc(N/N=C\c2cc(Br)c(O)c(Br)c2)nc1C. The van der Waals surface area contributed by atoms with Crippen molar-refractivity contribution >= 4 is 60.5 Å². The second-order valence-corrected chi connectivity index (χ2v) is 6.84. The van der Waals surface area contributed by atoms with Gasteiger partial charge in [-0.2, -0.15) is 5.10 Å². The third-order valence-corrected chi connectivity index (χ3v) is 4.83. The van der Waals surface area contributed by atoms with Crippen LogP contribution in [0.5, 0.6) is 5.75 Å². The number of nitrogens with one attached hydrogen (secondary N) is 1. The monoisotopic (exact) mass is 447 g/mol. The summed E-state index contributed by atoms with van der Waals surface area (Å²) in [6, 6.07) is 3.44. The quantitative estimate of drug-likeness (QED) is 0.420. The van der Waals surface area contributed by atoms with Gasteiger partial charge in [0.15, 0.2) is 0 Å². The zero-order valence-electron chi connectivity index (χ0n) is 11.6. The van der Waals surface area contributed by atoms with E-state index in [0.717, 1.165) is 5.56 Å². The number of hydrazone groups is 1. The number of hydrogen-bond acceptors (Lipinski definition) is 7. The van der Waals surface area contributed by atoms with Crippen LogP contribution in [0.15, 0.2) is 26.2 Å². The molecule has 2 rings (SSSR count). The third kappa shape index (κ3) is 3.84. The van der Waals surface area contributed by atoms with Gasteiger partial charge in [-0.25, -0.2) is 9.78 Å². The number of halogens is 2. The van der Waals surface area contributed by atoms with Crippen LogP contribution in [0.1, 0.15) is 20.9 Å². The summed E-state index contributed by atoms with van der Waals surface area (Å²) in [5.74, 6) is -0.290. The van der Waals surface area contributed by atoms with Crippen molar-refractivity contribution in [1.82, 2.24) is 4.98 Å². The number of ether oxygens (including phenoxy) is 1. The molecule has 22 heavy (non-hydrogen) atoms. The van der Waals surface area contributed by atoms with Crippen molar-refractivity contribution < 1.29 is 14.6 Å². The summed E-state index contributed by atoms with van der Waals surface area (Å²) in [6.45, 7) is 1.73. The van der Waals surface area contributed by atoms with E-state index in [0.29, 0.717) is 24.6 Å². The Kier molecular flexibility index (Phi) is 5.54. The van der Waals surface area contributed by atoms with Crippen LogP contribution in [0.4, 0.5) is 5.13 Å². The second-order valence-electron chi connectivity index (χ2n) is 4.13. The van der Waals surface area contributed by atoms with E-state index >= 15 is 0 Å². The van der Waals surface area contributed by atoms with Crippen LogP contribution in [0.3, 0.4) is 0 Å².